The van der Waals surface area contributed by atoms with E-state index in [-0.39, 0.29) is 0 Å². The van der Waals surface area contributed by atoms with E-state index in [1.807, 2.05) is 10.9 Å². The van der Waals surface area contributed by atoms with Crippen LogP contribution in [0.4, 0.5) is 0 Å². The van der Waals surface area contributed by atoms with Gasteiger partial charge in [-0.15, -0.1) is 0 Å². The molecule has 0 amide bonds. The summed E-state index contributed by atoms with van der Waals surface area (Å²) in [4.78, 5) is 0. The molecule has 0 radical (unpaired) electrons. The van der Waals surface area contributed by atoms with Gasteiger partial charge in [-0.3, -0.25) is 4.68 Å². The molecule has 3 nitrogen and oxygen atoms in total. The minimum absolute atomic E-state index is 0.461. The van der Waals surface area contributed by atoms with Crippen molar-refractivity contribution in [1.29, 1.82) is 0 Å². The predicted molar refractivity (Wildman–Crippen MR) is 82.5 cm³/mol. The van der Waals surface area contributed by atoms with E-state index < -0.39 is 0 Å². The first kappa shape index (κ1) is 14.3. The van der Waals surface area contributed by atoms with E-state index in [4.69, 9.17) is 0 Å². The highest BCUT2D eigenvalue weighted by Crippen LogP contribution is 2.33. The number of hydrogen-bond acceptors (Lipinski definition) is 4. The molecular formula is C13H23N3S2. The number of aromatic nitrogens is 2. The maximum absolute atomic E-state index is 4.42. The number of nitrogens with one attached hydrogen (secondary N) is 1. The number of aryl methyl sites for hydroxylation is 1. The lowest BCUT2D eigenvalue weighted by atomic mass is 10.1. The quantitative estimate of drug-likeness (QED) is 0.870. The molecule has 1 aromatic heterocycles. The lowest BCUT2D eigenvalue weighted by Gasteiger charge is -2.29. The van der Waals surface area contributed by atoms with Gasteiger partial charge in [0.25, 0.3) is 0 Å². The van der Waals surface area contributed by atoms with Crippen LogP contribution in [-0.2, 0) is 6.54 Å². The zero-order chi connectivity index (χ0) is 12.8. The van der Waals surface area contributed by atoms with Crippen LogP contribution < -0.4 is 5.32 Å². The summed E-state index contributed by atoms with van der Waals surface area (Å²) in [7, 11) is 0. The molecule has 1 saturated heterocycles. The number of hydrogen-bond donors (Lipinski definition) is 1. The fourth-order valence-corrected chi connectivity index (χ4v) is 5.05. The first-order chi connectivity index (χ1) is 8.85. The second-order valence-electron chi connectivity index (χ2n) is 4.55. The standard InChI is InChI=1S/C13H23N3S2/c1-3-5-14-13(12-10-17-6-7-18-12)11-8-15-16(4-2)9-11/h8-9,12-14H,3-7,10H2,1-2H3. The van der Waals surface area contributed by atoms with Crippen LogP contribution in [0.2, 0.25) is 0 Å². The Bertz CT molecular complexity index is 348. The highest BCUT2D eigenvalue weighted by molar-refractivity contribution is 8.06. The molecule has 2 unspecified atom stereocenters. The molecule has 1 aliphatic rings. The van der Waals surface area contributed by atoms with Crippen molar-refractivity contribution in [2.75, 3.05) is 23.8 Å². The maximum Gasteiger partial charge on any atom is 0.0538 e. The highest BCUT2D eigenvalue weighted by Gasteiger charge is 2.26. The third kappa shape index (κ3) is 3.68. The summed E-state index contributed by atoms with van der Waals surface area (Å²) in [6.45, 7) is 6.40. The lowest BCUT2D eigenvalue weighted by molar-refractivity contribution is 0.529. The molecule has 2 atom stereocenters. The largest absolute Gasteiger partial charge is 0.309 e. The summed E-state index contributed by atoms with van der Waals surface area (Å²) in [5.74, 6) is 3.83. The number of thioether (sulfide) groups is 2. The van der Waals surface area contributed by atoms with Gasteiger partial charge in [-0.05, 0) is 19.9 Å². The van der Waals surface area contributed by atoms with Crippen molar-refractivity contribution < 1.29 is 0 Å². The Hall–Kier alpha value is -0.130. The molecule has 1 fully saturated rings. The number of rotatable bonds is 6. The Kier molecular flexibility index (Phi) is 5.92. The van der Waals surface area contributed by atoms with Gasteiger partial charge in [0.1, 0.15) is 0 Å². The van der Waals surface area contributed by atoms with Gasteiger partial charge in [0.05, 0.1) is 6.20 Å². The Morgan fingerprint density at radius 2 is 2.39 bits per heavy atom. The van der Waals surface area contributed by atoms with Crippen molar-refractivity contribution in [2.24, 2.45) is 0 Å². The van der Waals surface area contributed by atoms with Crippen LogP contribution in [0.3, 0.4) is 0 Å². The van der Waals surface area contributed by atoms with E-state index in [1.54, 1.807) is 0 Å². The molecule has 2 rings (SSSR count). The average molecular weight is 285 g/mol. The van der Waals surface area contributed by atoms with Crippen LogP contribution in [0.25, 0.3) is 0 Å². The van der Waals surface area contributed by atoms with Crippen LogP contribution in [0.15, 0.2) is 12.4 Å². The molecular weight excluding hydrogens is 262 g/mol. The molecule has 1 aliphatic heterocycles. The predicted octanol–water partition coefficient (Wildman–Crippen LogP) is 2.79. The normalized spacial score (nSPS) is 22.0. The van der Waals surface area contributed by atoms with E-state index in [2.05, 4.69) is 54.0 Å². The molecule has 18 heavy (non-hydrogen) atoms. The number of nitrogens with zero attached hydrogens (tertiary/aromatic N) is 2. The van der Waals surface area contributed by atoms with Gasteiger partial charge in [0.2, 0.25) is 0 Å². The van der Waals surface area contributed by atoms with Gasteiger partial charge in [0, 0.05) is 46.9 Å². The summed E-state index contributed by atoms with van der Waals surface area (Å²) in [6, 6.07) is 0.461. The molecule has 0 aromatic carbocycles. The third-order valence-electron chi connectivity index (χ3n) is 3.16. The molecule has 2 heterocycles. The zero-order valence-corrected chi connectivity index (χ0v) is 12.9. The van der Waals surface area contributed by atoms with E-state index >= 15 is 0 Å². The summed E-state index contributed by atoms with van der Waals surface area (Å²) < 4.78 is 2.02. The monoisotopic (exact) mass is 285 g/mol. The second-order valence-corrected chi connectivity index (χ2v) is 7.04. The van der Waals surface area contributed by atoms with E-state index in [0.717, 1.165) is 13.1 Å². The summed E-state index contributed by atoms with van der Waals surface area (Å²) >= 11 is 4.20. The van der Waals surface area contributed by atoms with Crippen LogP contribution in [0, 0.1) is 0 Å². The average Bonchev–Trinajstić information content (AvgIpc) is 2.89. The molecule has 1 N–H and O–H groups in total. The van der Waals surface area contributed by atoms with E-state index in [0.29, 0.717) is 11.3 Å². The molecule has 1 aromatic rings. The fraction of sp³-hybridized carbons (Fsp3) is 0.769. The Morgan fingerprint density at radius 3 is 3.00 bits per heavy atom. The van der Waals surface area contributed by atoms with Crippen LogP contribution in [0.5, 0.6) is 0 Å². The lowest BCUT2D eigenvalue weighted by Crippen LogP contribution is -2.34. The van der Waals surface area contributed by atoms with Crippen molar-refractivity contribution in [3.05, 3.63) is 18.0 Å². The summed E-state index contributed by atoms with van der Waals surface area (Å²) in [5.41, 5.74) is 1.35. The van der Waals surface area contributed by atoms with Gasteiger partial charge in [-0.25, -0.2) is 0 Å². The van der Waals surface area contributed by atoms with Gasteiger partial charge >= 0.3 is 0 Å². The Balaban J connectivity index is 2.07. The highest BCUT2D eigenvalue weighted by atomic mass is 32.2. The first-order valence-corrected chi connectivity index (χ1v) is 9.00. The SMILES string of the molecule is CCCNC(c1cnn(CC)c1)C1CSCCS1. The first-order valence-electron chi connectivity index (χ1n) is 6.80. The molecule has 0 aliphatic carbocycles. The molecule has 0 spiro atoms. The van der Waals surface area contributed by atoms with Crippen molar-refractivity contribution >= 4 is 23.5 Å². The van der Waals surface area contributed by atoms with Gasteiger partial charge in [-0.1, -0.05) is 6.92 Å². The summed E-state index contributed by atoms with van der Waals surface area (Å²) in [5, 5.41) is 8.81. The van der Waals surface area contributed by atoms with E-state index in [1.165, 1.54) is 29.2 Å². The fourth-order valence-electron chi connectivity index (χ4n) is 2.18. The van der Waals surface area contributed by atoms with Crippen molar-refractivity contribution in [1.82, 2.24) is 15.1 Å². The topological polar surface area (TPSA) is 29.9 Å². The molecule has 0 saturated carbocycles. The van der Waals surface area contributed by atoms with Gasteiger partial charge < -0.3 is 5.32 Å². The molecule has 0 bridgehead atoms. The zero-order valence-electron chi connectivity index (χ0n) is 11.3. The van der Waals surface area contributed by atoms with Crippen LogP contribution in [0.1, 0.15) is 31.9 Å². The van der Waals surface area contributed by atoms with Crippen molar-refractivity contribution in [3.63, 3.8) is 0 Å². The van der Waals surface area contributed by atoms with E-state index in [9.17, 15) is 0 Å². The molecule has 5 heteroatoms. The maximum atomic E-state index is 4.42. The van der Waals surface area contributed by atoms with Gasteiger partial charge in [0.15, 0.2) is 0 Å². The minimum atomic E-state index is 0.461. The van der Waals surface area contributed by atoms with Crippen LogP contribution >= 0.6 is 23.5 Å². The summed E-state index contributed by atoms with van der Waals surface area (Å²) in [6.07, 6.45) is 5.42. The molecule has 102 valence electrons. The van der Waals surface area contributed by atoms with Crippen LogP contribution in [-0.4, -0.2) is 38.8 Å². The second kappa shape index (κ2) is 7.46. The van der Waals surface area contributed by atoms with Gasteiger partial charge in [-0.2, -0.15) is 28.6 Å². The van der Waals surface area contributed by atoms with Crippen molar-refractivity contribution in [2.45, 2.75) is 38.1 Å². The Labute approximate surface area is 118 Å². The minimum Gasteiger partial charge on any atom is -0.309 e. The third-order valence-corrected chi connectivity index (χ3v) is 6.03. The van der Waals surface area contributed by atoms with Crippen molar-refractivity contribution in [3.8, 4) is 0 Å². The Morgan fingerprint density at radius 1 is 1.50 bits per heavy atom. The smallest absolute Gasteiger partial charge is 0.0538 e.